The molecule has 3 saturated heterocycles. The van der Waals surface area contributed by atoms with Crippen LogP contribution < -0.4 is 9.64 Å². The summed E-state index contributed by atoms with van der Waals surface area (Å²) < 4.78 is 5.50. The predicted octanol–water partition coefficient (Wildman–Crippen LogP) is 2.39. The number of benzene rings is 1. The Labute approximate surface area is 219 Å². The highest BCUT2D eigenvalue weighted by molar-refractivity contribution is 6.22. The molecule has 0 spiro atoms. The van der Waals surface area contributed by atoms with E-state index >= 15 is 0 Å². The lowest BCUT2D eigenvalue weighted by Crippen LogP contribution is -2.70. The SMILES string of the molecule is CCCCN1C(=O)[C@@H]2C(=O)N(CCCCN3CCN(c4ccccc4OC)CC3)C(=O)[C@H](C1=O)C2(C)C. The number of ether oxygens (including phenoxy) is 1. The lowest BCUT2D eigenvalue weighted by molar-refractivity contribution is -0.184. The number of unbranched alkanes of at least 4 members (excludes halogenated alkanes) is 2. The third kappa shape index (κ3) is 5.10. The third-order valence-electron chi connectivity index (χ3n) is 8.18. The topological polar surface area (TPSA) is 90.5 Å². The van der Waals surface area contributed by atoms with Gasteiger partial charge in [0.25, 0.3) is 0 Å². The van der Waals surface area contributed by atoms with E-state index in [1.807, 2.05) is 25.1 Å². The Morgan fingerprint density at radius 1 is 0.784 bits per heavy atom. The molecule has 0 saturated carbocycles. The number of piperidine rings is 2. The smallest absolute Gasteiger partial charge is 0.242 e. The molecule has 3 fully saturated rings. The standard InChI is InChI=1S/C28H40N4O5/c1-5-6-14-31-24(33)22-26(35)32(27(36)23(25(31)34)28(22,2)3)15-10-9-13-29-16-18-30(19-17-29)20-11-7-8-12-21(20)37-4/h7-8,11-12,22-23H,5-6,9-10,13-19H2,1-4H3/t22-,23+. The Morgan fingerprint density at radius 2 is 1.30 bits per heavy atom. The number of imide groups is 2. The number of amides is 4. The van der Waals surface area contributed by atoms with Crippen LogP contribution in [0.2, 0.25) is 0 Å². The van der Waals surface area contributed by atoms with Gasteiger partial charge in [0.05, 0.1) is 12.8 Å². The largest absolute Gasteiger partial charge is 0.495 e. The van der Waals surface area contributed by atoms with Gasteiger partial charge in [0.15, 0.2) is 0 Å². The van der Waals surface area contributed by atoms with Crippen LogP contribution in [0.4, 0.5) is 5.69 Å². The fourth-order valence-corrected chi connectivity index (χ4v) is 5.96. The number of hydrogen-bond acceptors (Lipinski definition) is 7. The molecule has 9 nitrogen and oxygen atoms in total. The van der Waals surface area contributed by atoms with Gasteiger partial charge in [0, 0.05) is 44.7 Å². The van der Waals surface area contributed by atoms with Crippen molar-refractivity contribution in [3.05, 3.63) is 24.3 Å². The maximum Gasteiger partial charge on any atom is 0.242 e. The molecule has 1 aromatic rings. The van der Waals surface area contributed by atoms with E-state index in [2.05, 4.69) is 15.9 Å². The van der Waals surface area contributed by atoms with Crippen molar-refractivity contribution in [2.45, 2.75) is 46.5 Å². The van der Waals surface area contributed by atoms with Gasteiger partial charge < -0.3 is 9.64 Å². The summed E-state index contributed by atoms with van der Waals surface area (Å²) in [4.78, 5) is 60.1. The minimum Gasteiger partial charge on any atom is -0.495 e. The molecule has 1 aromatic carbocycles. The number of fused-ring (bicyclic) bond motifs is 2. The number of para-hydroxylation sites is 2. The van der Waals surface area contributed by atoms with Gasteiger partial charge in [-0.15, -0.1) is 0 Å². The van der Waals surface area contributed by atoms with Crippen molar-refractivity contribution in [2.24, 2.45) is 17.3 Å². The van der Waals surface area contributed by atoms with E-state index in [1.165, 1.54) is 4.90 Å². The summed E-state index contributed by atoms with van der Waals surface area (Å²) in [6.45, 7) is 10.4. The molecule has 2 atom stereocenters. The predicted molar refractivity (Wildman–Crippen MR) is 140 cm³/mol. The molecule has 4 amide bonds. The normalized spacial score (nSPS) is 24.2. The number of piperazine rings is 1. The van der Waals surface area contributed by atoms with Crippen molar-refractivity contribution in [1.29, 1.82) is 0 Å². The van der Waals surface area contributed by atoms with Crippen molar-refractivity contribution in [3.8, 4) is 5.75 Å². The third-order valence-corrected chi connectivity index (χ3v) is 8.18. The Bertz CT molecular complexity index is 995. The Balaban J connectivity index is 1.30. The molecule has 37 heavy (non-hydrogen) atoms. The fraction of sp³-hybridized carbons (Fsp3) is 0.643. The van der Waals surface area contributed by atoms with Crippen molar-refractivity contribution in [2.75, 3.05) is 57.8 Å². The molecule has 0 aromatic heterocycles. The second kappa shape index (κ2) is 11.2. The number of anilines is 1. The second-order valence-electron chi connectivity index (χ2n) is 10.9. The first-order valence-corrected chi connectivity index (χ1v) is 13.5. The summed E-state index contributed by atoms with van der Waals surface area (Å²) >= 11 is 0. The first-order valence-electron chi connectivity index (χ1n) is 13.5. The number of methoxy groups -OCH3 is 1. The minimum atomic E-state index is -0.997. The number of likely N-dealkylation sites (tertiary alicyclic amines) is 2. The highest BCUT2D eigenvalue weighted by Crippen LogP contribution is 2.47. The minimum absolute atomic E-state index is 0.247. The van der Waals surface area contributed by atoms with Gasteiger partial charge in [-0.05, 0) is 37.9 Å². The number of carbonyl (C=O) groups excluding carboxylic acids is 4. The molecule has 2 bridgehead atoms. The van der Waals surface area contributed by atoms with Crippen LogP contribution in [0, 0.1) is 17.3 Å². The average Bonchev–Trinajstić information content (AvgIpc) is 2.87. The Hall–Kier alpha value is -2.94. The quantitative estimate of drug-likeness (QED) is 0.270. The van der Waals surface area contributed by atoms with Crippen LogP contribution in [0.3, 0.4) is 0 Å². The van der Waals surface area contributed by atoms with E-state index in [-0.39, 0.29) is 13.1 Å². The first kappa shape index (κ1) is 27.1. The van der Waals surface area contributed by atoms with Crippen LogP contribution in [0.25, 0.3) is 0 Å². The molecule has 3 heterocycles. The van der Waals surface area contributed by atoms with Gasteiger partial charge >= 0.3 is 0 Å². The second-order valence-corrected chi connectivity index (χ2v) is 10.9. The zero-order valence-corrected chi connectivity index (χ0v) is 22.6. The van der Waals surface area contributed by atoms with Crippen LogP contribution in [-0.4, -0.2) is 91.3 Å². The fourth-order valence-electron chi connectivity index (χ4n) is 5.96. The molecule has 4 rings (SSSR count). The van der Waals surface area contributed by atoms with E-state index in [0.717, 1.165) is 61.9 Å². The molecule has 0 radical (unpaired) electrons. The molecule has 9 heteroatoms. The number of carbonyl (C=O) groups is 4. The Kier molecular flexibility index (Phi) is 8.21. The zero-order chi connectivity index (χ0) is 26.7. The monoisotopic (exact) mass is 512 g/mol. The maximum atomic E-state index is 13.3. The molecule has 3 aliphatic rings. The summed E-state index contributed by atoms with van der Waals surface area (Å²) in [5.41, 5.74) is 0.112. The van der Waals surface area contributed by atoms with Crippen LogP contribution >= 0.6 is 0 Å². The van der Waals surface area contributed by atoms with Gasteiger partial charge in [-0.3, -0.25) is 33.9 Å². The molecular weight excluding hydrogens is 472 g/mol. The summed E-state index contributed by atoms with van der Waals surface area (Å²) in [5.74, 6) is -2.87. The van der Waals surface area contributed by atoms with Crippen LogP contribution in [0.15, 0.2) is 24.3 Å². The van der Waals surface area contributed by atoms with Crippen molar-refractivity contribution < 1.29 is 23.9 Å². The molecule has 0 aliphatic carbocycles. The number of hydrogen-bond donors (Lipinski definition) is 0. The molecule has 202 valence electrons. The van der Waals surface area contributed by atoms with E-state index in [9.17, 15) is 19.2 Å². The van der Waals surface area contributed by atoms with E-state index < -0.39 is 40.9 Å². The molecule has 0 unspecified atom stereocenters. The van der Waals surface area contributed by atoms with Crippen molar-refractivity contribution in [3.63, 3.8) is 0 Å². The lowest BCUT2D eigenvalue weighted by atomic mass is 9.62. The van der Waals surface area contributed by atoms with Gasteiger partial charge in [-0.25, -0.2) is 0 Å². The van der Waals surface area contributed by atoms with Gasteiger partial charge in [-0.1, -0.05) is 39.3 Å². The zero-order valence-electron chi connectivity index (χ0n) is 22.6. The van der Waals surface area contributed by atoms with E-state index in [4.69, 9.17) is 4.74 Å². The highest BCUT2D eigenvalue weighted by atomic mass is 16.5. The van der Waals surface area contributed by atoms with Crippen molar-refractivity contribution >= 4 is 29.3 Å². The summed E-state index contributed by atoms with van der Waals surface area (Å²) in [5, 5.41) is 0. The van der Waals surface area contributed by atoms with Gasteiger partial charge in [-0.2, -0.15) is 0 Å². The maximum absolute atomic E-state index is 13.3. The van der Waals surface area contributed by atoms with E-state index in [0.29, 0.717) is 12.8 Å². The molecular formula is C28H40N4O5. The van der Waals surface area contributed by atoms with Gasteiger partial charge in [0.1, 0.15) is 17.6 Å². The first-order chi connectivity index (χ1) is 17.7. The van der Waals surface area contributed by atoms with Gasteiger partial charge in [0.2, 0.25) is 23.6 Å². The summed E-state index contributed by atoms with van der Waals surface area (Å²) in [6.07, 6.45) is 2.96. The van der Waals surface area contributed by atoms with Crippen LogP contribution in [-0.2, 0) is 19.2 Å². The average molecular weight is 513 g/mol. The van der Waals surface area contributed by atoms with E-state index in [1.54, 1.807) is 21.0 Å². The Morgan fingerprint density at radius 3 is 1.84 bits per heavy atom. The summed E-state index contributed by atoms with van der Waals surface area (Å²) in [6, 6.07) is 8.05. The summed E-state index contributed by atoms with van der Waals surface area (Å²) in [7, 11) is 1.69. The van der Waals surface area contributed by atoms with Crippen LogP contribution in [0.5, 0.6) is 5.75 Å². The molecule has 0 N–H and O–H groups in total. The number of rotatable bonds is 10. The van der Waals surface area contributed by atoms with Crippen molar-refractivity contribution in [1.82, 2.24) is 14.7 Å². The lowest BCUT2D eigenvalue weighted by Gasteiger charge is -2.51. The van der Waals surface area contributed by atoms with Crippen LogP contribution in [0.1, 0.15) is 46.5 Å². The number of nitrogens with zero attached hydrogens (tertiary/aromatic N) is 4. The highest BCUT2D eigenvalue weighted by Gasteiger charge is 2.64. The molecule has 3 aliphatic heterocycles.